The lowest BCUT2D eigenvalue weighted by Crippen LogP contribution is -2.61. The molecule has 5 nitrogen and oxygen atoms in total. The summed E-state index contributed by atoms with van der Waals surface area (Å²) in [6.45, 7) is 59.7. The molecule has 136 heavy (non-hydrogen) atoms. The van der Waals surface area contributed by atoms with Crippen LogP contribution in [0, 0.1) is 0 Å². The van der Waals surface area contributed by atoms with E-state index >= 15 is 0 Å². The highest BCUT2D eigenvalue weighted by Gasteiger charge is 2.48. The Bertz CT molecular complexity index is 9310. The smallest absolute Gasteiger partial charge is 0.252 e. The topological polar surface area (TPSA) is 21.3 Å². The van der Waals surface area contributed by atoms with Gasteiger partial charge in [-0.1, -0.05) is 389 Å². The van der Waals surface area contributed by atoms with Gasteiger partial charge in [0.05, 0.1) is 84.4 Å². The van der Waals surface area contributed by atoms with Crippen molar-refractivity contribution in [3.63, 3.8) is 0 Å². The Morgan fingerprint density at radius 2 is 0.581 bits per heavy atom. The lowest BCUT2D eigenvalue weighted by molar-refractivity contribution is 0.569. The van der Waals surface area contributed by atoms with Crippen LogP contribution in [0.2, 0.25) is 0 Å². The fourth-order valence-corrected chi connectivity index (χ4v) is 20.2. The second kappa shape index (κ2) is 31.5. The van der Waals surface area contributed by atoms with Crippen molar-refractivity contribution in [2.75, 3.05) is 9.80 Å². The molecular formula is C130H138BN5. The van der Waals surface area contributed by atoms with Crippen molar-refractivity contribution in [3.05, 3.63) is 346 Å². The summed E-state index contributed by atoms with van der Waals surface area (Å²) in [4.78, 5) is 3.98. The zero-order chi connectivity index (χ0) is 118. The molecule has 3 aromatic heterocycles. The van der Waals surface area contributed by atoms with E-state index in [9.17, 15) is 34.3 Å². The molecule has 0 spiro atoms. The molecule has 0 atom stereocenters. The Morgan fingerprint density at radius 3 is 1.01 bits per heavy atom. The summed E-state index contributed by atoms with van der Waals surface area (Å²) in [5.74, 6) is 0. The first-order valence-corrected chi connectivity index (χ1v) is 47.8. The van der Waals surface area contributed by atoms with Gasteiger partial charge >= 0.3 is 0 Å². The molecule has 20 rings (SSSR count). The molecule has 0 N–H and O–H groups in total. The van der Waals surface area contributed by atoms with Crippen LogP contribution < -0.4 is 26.2 Å². The zero-order valence-corrected chi connectivity index (χ0v) is 84.6. The predicted octanol–water partition coefficient (Wildman–Crippen LogP) is 34.7. The number of benzene rings is 15. The van der Waals surface area contributed by atoms with Crippen LogP contribution in [0.15, 0.2) is 291 Å². The van der Waals surface area contributed by atoms with Gasteiger partial charge in [0, 0.05) is 88.7 Å². The van der Waals surface area contributed by atoms with Gasteiger partial charge in [0.25, 0.3) is 6.71 Å². The van der Waals surface area contributed by atoms with Gasteiger partial charge in [-0.15, -0.1) is 0 Å². The molecule has 15 aromatic carbocycles. The van der Waals surface area contributed by atoms with E-state index in [4.69, 9.17) is 0 Å². The SMILES string of the molecule is [2H]c1c([2H])c(C(C)(C)C)c([2H])c([2H])c1-c1c([2H])c(C(C)(C)C)c([2H])c(-c2c([2H])c(C(C)(C)C)c([2H])c([2H])c2C(C)(C)C)c1N1c2cc(-n3c4c([2H])c([2H])c([2H])c([2H])c4c4c([2H])c([2H])c([2H])c([2H])c43)ccc2B2c3ccc(-n4c5ccc(C(C)(C)C)cc5c5cc(C(C)(C)C)ccc54)cc3N(c3c(-c4ccccc4C(C)(C)C)cc(C(C)(C)C)cc3-c3ccc(C(C)(C)C)cc3C(C)(C)C)c3cc(-n4c5c([2H])c([2H])c([2H])c([2H])c5c5c([2H])c([2H])c([2H])c([2H])c54)cc1c32. The average molecular weight is 1810 g/mol. The van der Waals surface area contributed by atoms with Crippen LogP contribution in [0.5, 0.6) is 0 Å². The molecule has 0 amide bonds. The van der Waals surface area contributed by atoms with E-state index < -0.39 is 189 Å². The minimum absolute atomic E-state index is 0.000698. The summed E-state index contributed by atoms with van der Waals surface area (Å²) < 4.78 is 267. The molecule has 2 aliphatic rings. The van der Waals surface area contributed by atoms with Crippen LogP contribution in [-0.4, -0.2) is 20.4 Å². The number of hydrogen-bond donors (Lipinski definition) is 0. The second-order valence-corrected chi connectivity index (χ2v) is 48.1. The van der Waals surface area contributed by atoms with Crippen molar-refractivity contribution in [2.24, 2.45) is 0 Å². The molecule has 18 aromatic rings. The van der Waals surface area contributed by atoms with E-state index in [2.05, 4.69) is 231 Å². The number of fused-ring (bicyclic) bond motifs is 13. The van der Waals surface area contributed by atoms with Gasteiger partial charge in [-0.3, -0.25) is 0 Å². The lowest BCUT2D eigenvalue weighted by Gasteiger charge is -2.46. The molecule has 0 radical (unpaired) electrons. The third kappa shape index (κ3) is 15.4. The fraction of sp³-hybridized carbons (Fsp3) is 0.308. The van der Waals surface area contributed by atoms with E-state index in [-0.39, 0.29) is 146 Å². The lowest BCUT2D eigenvalue weighted by atomic mass is 9.33. The molecule has 0 bridgehead atoms. The molecule has 2 aliphatic heterocycles. The maximum atomic E-state index is 12.1. The summed E-state index contributed by atoms with van der Waals surface area (Å²) in [6, 6.07) is 32.6. The number of hydrogen-bond acceptors (Lipinski definition) is 2. The summed E-state index contributed by atoms with van der Waals surface area (Å²) >= 11 is 0. The van der Waals surface area contributed by atoms with E-state index in [1.807, 2.05) is 65.8 Å². The van der Waals surface area contributed by atoms with E-state index in [0.717, 1.165) is 66.3 Å². The fourth-order valence-electron chi connectivity index (χ4n) is 20.2. The van der Waals surface area contributed by atoms with E-state index in [1.165, 1.54) is 9.13 Å². The molecular weight excluding hydrogens is 1640 g/mol. The van der Waals surface area contributed by atoms with Gasteiger partial charge in [-0.25, -0.2) is 0 Å². The third-order valence-corrected chi connectivity index (χ3v) is 27.7. The van der Waals surface area contributed by atoms with Crippen LogP contribution in [0.4, 0.5) is 34.1 Å². The Labute approximate surface area is 845 Å². The highest BCUT2D eigenvalue weighted by molar-refractivity contribution is 7.00. The van der Waals surface area contributed by atoms with Crippen LogP contribution in [-0.2, 0) is 54.1 Å². The van der Waals surface area contributed by atoms with Crippen LogP contribution in [0.3, 0.4) is 0 Å². The Hall–Kier alpha value is -12.6. The molecule has 0 saturated heterocycles. The third-order valence-electron chi connectivity index (χ3n) is 27.7. The second-order valence-electron chi connectivity index (χ2n) is 48.1. The van der Waals surface area contributed by atoms with Crippen LogP contribution in [0.25, 0.3) is 127 Å². The quantitative estimate of drug-likeness (QED) is 0.134. The summed E-state index contributed by atoms with van der Waals surface area (Å²) in [5.41, 5.74) is 2.86. The maximum absolute atomic E-state index is 12.1. The molecule has 6 heteroatoms. The highest BCUT2D eigenvalue weighted by Crippen LogP contribution is 2.59. The zero-order valence-electron chi connectivity index (χ0n) is 110. The summed E-state index contributed by atoms with van der Waals surface area (Å²) in [7, 11) is 0. The molecule has 5 heterocycles. The number of aromatic nitrogens is 3. The summed E-state index contributed by atoms with van der Waals surface area (Å²) in [6.07, 6.45) is 0. The van der Waals surface area contributed by atoms with Crippen molar-refractivity contribution >= 4 is 123 Å². The van der Waals surface area contributed by atoms with Crippen molar-refractivity contribution in [3.8, 4) is 61.6 Å². The number of para-hydroxylation sites is 4. The van der Waals surface area contributed by atoms with E-state index in [1.54, 1.807) is 64.6 Å². The Balaban J connectivity index is 1.16. The largest absolute Gasteiger partial charge is 0.310 e. The standard InChI is InChI=1S/C130H138BN5/c1-121(2,3)80-53-51-79(52-54-80)96-70-85(126(16,17)18)73-102(97-67-81(122(4,5)6)56-62-104(97)129(25,26)27)119(96)135-114-75-87(132-108-47-37-32-42-92(108)93-43-33-38-48-109(93)132)59-63-106(114)131-107-64-60-88(133-112-65-57-82(123(7,8)9)68-98(112)99-69-83(124(10,11)12)58-66-113(99)133)76-115(107)136(117-78-89(77-116(135)118(117)131)134-110-49-39-34-44-94(110)95-45-35-40-50-111(95)134)120-100(90-41-31-36-46-103(90)128(22,23)24)71-86(127(19,20)21)72-101(120)91-61-55-84(125(13,14)15)74-105(91)130(28,29)30/h31-78H,1-30H3/i32D,33D,34D,35D,37D,38D,39D,40D,42D,43D,44D,45D,47D,48D,49D,50D,51D,52D,53D,54D,56D,62D,67D,70D,73D. The monoisotopic (exact) mass is 1810 g/mol. The highest BCUT2D eigenvalue weighted by atomic mass is 15.2. The number of rotatable bonds is 9. The van der Waals surface area contributed by atoms with E-state index in [0.29, 0.717) is 44.6 Å². The Kier molecular flexibility index (Phi) is 15.3. The molecule has 0 fully saturated rings. The van der Waals surface area contributed by atoms with Crippen LogP contribution in [0.1, 0.15) is 298 Å². The minimum Gasteiger partial charge on any atom is -0.310 e. The van der Waals surface area contributed by atoms with Gasteiger partial charge in [0.1, 0.15) is 0 Å². The Morgan fingerprint density at radius 1 is 0.221 bits per heavy atom. The van der Waals surface area contributed by atoms with Gasteiger partial charge in [-0.2, -0.15) is 0 Å². The maximum Gasteiger partial charge on any atom is 0.252 e. The van der Waals surface area contributed by atoms with Crippen molar-refractivity contribution in [2.45, 2.75) is 262 Å². The van der Waals surface area contributed by atoms with Crippen molar-refractivity contribution in [1.29, 1.82) is 0 Å². The number of nitrogens with zero attached hydrogens (tertiary/aromatic N) is 5. The average Bonchev–Trinajstić information content (AvgIpc) is 1.21. The molecule has 0 unspecified atom stereocenters. The molecule has 686 valence electrons. The van der Waals surface area contributed by atoms with Crippen LogP contribution >= 0.6 is 0 Å². The van der Waals surface area contributed by atoms with Gasteiger partial charge in [-0.05, 0) is 257 Å². The van der Waals surface area contributed by atoms with Crippen molar-refractivity contribution < 1.29 is 34.3 Å². The first-order chi connectivity index (χ1) is 74.2. The number of anilines is 6. The molecule has 0 aliphatic carbocycles. The minimum atomic E-state index is -1.38. The summed E-state index contributed by atoms with van der Waals surface area (Å²) in [5, 5.41) is 0.767. The first kappa shape index (κ1) is 65.9. The van der Waals surface area contributed by atoms with Gasteiger partial charge in [0.15, 0.2) is 0 Å². The van der Waals surface area contributed by atoms with Crippen molar-refractivity contribution in [1.82, 2.24) is 13.7 Å². The first-order valence-electron chi connectivity index (χ1n) is 60.3. The predicted molar refractivity (Wildman–Crippen MR) is 592 cm³/mol. The molecule has 0 saturated carbocycles. The van der Waals surface area contributed by atoms with Gasteiger partial charge < -0.3 is 23.5 Å². The van der Waals surface area contributed by atoms with Gasteiger partial charge in [0.2, 0.25) is 0 Å². The normalized spacial score (nSPS) is 16.3.